The van der Waals surface area contributed by atoms with Crippen molar-refractivity contribution in [3.8, 4) is 0 Å². The highest BCUT2D eigenvalue weighted by atomic mass is 35.5. The molecule has 0 aliphatic carbocycles. The van der Waals surface area contributed by atoms with Crippen LogP contribution in [0, 0.1) is 0 Å². The number of benzene rings is 1. The van der Waals surface area contributed by atoms with Crippen molar-refractivity contribution in [2.45, 2.75) is 0 Å². The van der Waals surface area contributed by atoms with Crippen molar-refractivity contribution < 1.29 is 4.79 Å². The van der Waals surface area contributed by atoms with Crippen LogP contribution in [0.25, 0.3) is 6.08 Å². The SMILES string of the molecule is O=C1NC(=Nc2cc(Cl)cc(Cl)c2)C(=Cc2ccncc2)S1. The molecule has 1 saturated heterocycles. The first-order valence-electron chi connectivity index (χ1n) is 6.26. The maximum Gasteiger partial charge on any atom is 0.289 e. The van der Waals surface area contributed by atoms with E-state index in [9.17, 15) is 4.79 Å². The molecule has 0 bridgehead atoms. The Bertz CT molecular complexity index is 770. The number of rotatable bonds is 2. The highest BCUT2D eigenvalue weighted by molar-refractivity contribution is 8.18. The van der Waals surface area contributed by atoms with Gasteiger partial charge in [0.15, 0.2) is 0 Å². The van der Waals surface area contributed by atoms with E-state index in [2.05, 4.69) is 15.3 Å². The monoisotopic (exact) mass is 349 g/mol. The van der Waals surface area contributed by atoms with Gasteiger partial charge in [-0.1, -0.05) is 23.2 Å². The summed E-state index contributed by atoms with van der Waals surface area (Å²) < 4.78 is 0. The second kappa shape index (κ2) is 6.52. The van der Waals surface area contributed by atoms with Crippen LogP contribution in [-0.4, -0.2) is 16.1 Å². The van der Waals surface area contributed by atoms with Crippen LogP contribution in [0.15, 0.2) is 52.6 Å². The van der Waals surface area contributed by atoms with E-state index in [-0.39, 0.29) is 5.24 Å². The number of hydrogen-bond donors (Lipinski definition) is 1. The van der Waals surface area contributed by atoms with Gasteiger partial charge in [0.25, 0.3) is 5.24 Å². The fourth-order valence-corrected chi connectivity index (χ4v) is 3.11. The maximum absolute atomic E-state index is 11.6. The molecule has 0 spiro atoms. The van der Waals surface area contributed by atoms with Crippen LogP contribution < -0.4 is 5.32 Å². The third kappa shape index (κ3) is 3.68. The Morgan fingerprint density at radius 3 is 2.50 bits per heavy atom. The molecule has 1 N–H and O–H groups in total. The Balaban J connectivity index is 1.98. The molecule has 0 atom stereocenters. The third-order valence-corrected chi connectivity index (χ3v) is 4.00. The summed E-state index contributed by atoms with van der Waals surface area (Å²) >= 11 is 13.0. The number of aromatic nitrogens is 1. The van der Waals surface area contributed by atoms with Crippen molar-refractivity contribution in [2.75, 3.05) is 0 Å². The second-order valence-corrected chi connectivity index (χ2v) is 6.28. The van der Waals surface area contributed by atoms with Gasteiger partial charge in [0.2, 0.25) is 0 Å². The van der Waals surface area contributed by atoms with E-state index < -0.39 is 0 Å². The minimum atomic E-state index is -0.174. The Morgan fingerprint density at radius 1 is 1.14 bits per heavy atom. The topological polar surface area (TPSA) is 54.4 Å². The maximum atomic E-state index is 11.6. The Labute approximate surface area is 141 Å². The Morgan fingerprint density at radius 2 is 1.82 bits per heavy atom. The van der Waals surface area contributed by atoms with E-state index in [0.29, 0.717) is 21.6 Å². The molecule has 110 valence electrons. The molecule has 1 aromatic carbocycles. The molecule has 2 aromatic rings. The van der Waals surface area contributed by atoms with E-state index in [0.717, 1.165) is 22.2 Å². The number of nitrogens with one attached hydrogen (secondary N) is 1. The molecule has 0 saturated carbocycles. The number of pyridine rings is 1. The van der Waals surface area contributed by atoms with Gasteiger partial charge < -0.3 is 5.32 Å². The first-order chi connectivity index (χ1) is 10.6. The van der Waals surface area contributed by atoms with Crippen molar-refractivity contribution in [2.24, 2.45) is 4.99 Å². The van der Waals surface area contributed by atoms with Gasteiger partial charge in [-0.25, -0.2) is 4.99 Å². The van der Waals surface area contributed by atoms with Crippen LogP contribution >= 0.6 is 35.0 Å². The first-order valence-corrected chi connectivity index (χ1v) is 7.83. The van der Waals surface area contributed by atoms with E-state index >= 15 is 0 Å². The zero-order chi connectivity index (χ0) is 15.5. The smallest absolute Gasteiger partial charge is 0.289 e. The summed E-state index contributed by atoms with van der Waals surface area (Å²) in [6.07, 6.45) is 5.25. The lowest BCUT2D eigenvalue weighted by Crippen LogP contribution is -2.18. The molecule has 1 aromatic heterocycles. The van der Waals surface area contributed by atoms with Crippen LogP contribution in [0.2, 0.25) is 10.0 Å². The third-order valence-electron chi connectivity index (χ3n) is 2.75. The largest absolute Gasteiger partial charge is 0.300 e. The minimum absolute atomic E-state index is 0.174. The standard InChI is InChI=1S/C15H9Cl2N3OS/c16-10-6-11(17)8-12(7-10)19-14-13(22-15(21)20-14)5-9-1-3-18-4-2-9/h1-8H,(H,19,20,21). The van der Waals surface area contributed by atoms with Crippen LogP contribution in [0.3, 0.4) is 0 Å². The van der Waals surface area contributed by atoms with Gasteiger partial charge >= 0.3 is 0 Å². The molecular formula is C15H9Cl2N3OS. The van der Waals surface area contributed by atoms with Crippen molar-refractivity contribution >= 4 is 57.8 Å². The molecular weight excluding hydrogens is 341 g/mol. The molecule has 1 aliphatic rings. The van der Waals surface area contributed by atoms with Crippen LogP contribution in [0.1, 0.15) is 5.56 Å². The number of amides is 1. The number of thioether (sulfide) groups is 1. The summed E-state index contributed by atoms with van der Waals surface area (Å²) in [7, 11) is 0. The molecule has 1 aliphatic heterocycles. The number of carbonyl (C=O) groups excluding carboxylic acids is 1. The van der Waals surface area contributed by atoms with Gasteiger partial charge in [0.1, 0.15) is 5.84 Å². The summed E-state index contributed by atoms with van der Waals surface area (Å²) in [5.41, 5.74) is 1.52. The molecule has 0 unspecified atom stereocenters. The van der Waals surface area contributed by atoms with E-state index in [1.54, 1.807) is 30.6 Å². The van der Waals surface area contributed by atoms with Gasteiger partial charge in [-0.2, -0.15) is 0 Å². The normalized spacial score (nSPS) is 18.0. The van der Waals surface area contributed by atoms with E-state index in [4.69, 9.17) is 23.2 Å². The number of aliphatic imine (C=N–C) groups is 1. The fraction of sp³-hybridized carbons (Fsp3) is 0. The lowest BCUT2D eigenvalue weighted by atomic mass is 10.2. The molecule has 1 fully saturated rings. The molecule has 4 nitrogen and oxygen atoms in total. The number of nitrogens with zero attached hydrogens (tertiary/aromatic N) is 2. The van der Waals surface area contributed by atoms with Crippen molar-refractivity contribution in [1.29, 1.82) is 0 Å². The highest BCUT2D eigenvalue weighted by Gasteiger charge is 2.23. The first kappa shape index (κ1) is 15.1. The Hall–Kier alpha value is -1.82. The van der Waals surface area contributed by atoms with Gasteiger partial charge in [-0.3, -0.25) is 9.78 Å². The predicted molar refractivity (Wildman–Crippen MR) is 91.9 cm³/mol. The number of hydrogen-bond acceptors (Lipinski definition) is 4. The van der Waals surface area contributed by atoms with Gasteiger partial charge in [0, 0.05) is 22.4 Å². The summed E-state index contributed by atoms with van der Waals surface area (Å²) in [5.74, 6) is 0.477. The highest BCUT2D eigenvalue weighted by Crippen LogP contribution is 2.30. The average molecular weight is 350 g/mol. The van der Waals surface area contributed by atoms with E-state index in [1.807, 2.05) is 18.2 Å². The zero-order valence-electron chi connectivity index (χ0n) is 11.1. The predicted octanol–water partition coefficient (Wildman–Crippen LogP) is 4.92. The van der Waals surface area contributed by atoms with Crippen LogP contribution in [0.5, 0.6) is 0 Å². The number of halogens is 2. The van der Waals surface area contributed by atoms with Crippen LogP contribution in [0.4, 0.5) is 10.5 Å². The lowest BCUT2D eigenvalue weighted by Gasteiger charge is -2.01. The molecule has 1 amide bonds. The van der Waals surface area contributed by atoms with Gasteiger partial charge in [0.05, 0.1) is 10.6 Å². The quantitative estimate of drug-likeness (QED) is 0.837. The summed E-state index contributed by atoms with van der Waals surface area (Å²) in [4.78, 5) is 20.8. The van der Waals surface area contributed by atoms with Crippen molar-refractivity contribution in [3.63, 3.8) is 0 Å². The molecule has 0 radical (unpaired) electrons. The minimum Gasteiger partial charge on any atom is -0.300 e. The molecule has 2 heterocycles. The van der Waals surface area contributed by atoms with Crippen LogP contribution in [-0.2, 0) is 0 Å². The lowest BCUT2D eigenvalue weighted by molar-refractivity contribution is 0.265. The Kier molecular flexibility index (Phi) is 4.47. The number of carbonyl (C=O) groups is 1. The fourth-order valence-electron chi connectivity index (χ4n) is 1.86. The number of amidine groups is 1. The second-order valence-electron chi connectivity index (χ2n) is 4.39. The van der Waals surface area contributed by atoms with Crippen molar-refractivity contribution in [1.82, 2.24) is 10.3 Å². The summed E-state index contributed by atoms with van der Waals surface area (Å²) in [6, 6.07) is 8.69. The summed E-state index contributed by atoms with van der Waals surface area (Å²) in [5, 5.41) is 3.52. The van der Waals surface area contributed by atoms with Gasteiger partial charge in [-0.05, 0) is 53.7 Å². The van der Waals surface area contributed by atoms with Crippen molar-refractivity contribution in [3.05, 3.63) is 63.2 Å². The average Bonchev–Trinajstić information content (AvgIpc) is 2.78. The zero-order valence-corrected chi connectivity index (χ0v) is 13.4. The molecule has 3 rings (SSSR count). The summed E-state index contributed by atoms with van der Waals surface area (Å²) in [6.45, 7) is 0. The van der Waals surface area contributed by atoms with Gasteiger partial charge in [-0.15, -0.1) is 0 Å². The molecule has 7 heteroatoms. The van der Waals surface area contributed by atoms with E-state index in [1.165, 1.54) is 0 Å². The molecule has 22 heavy (non-hydrogen) atoms.